The lowest BCUT2D eigenvalue weighted by molar-refractivity contribution is 0.478. The van der Waals surface area contributed by atoms with Crippen molar-refractivity contribution >= 4 is 21.8 Å². The highest BCUT2D eigenvalue weighted by Crippen LogP contribution is 2.41. The molecule has 59 heavy (non-hydrogen) atoms. The smallest absolute Gasteiger partial charge is 0.138 e. The van der Waals surface area contributed by atoms with Crippen LogP contribution in [0.5, 0.6) is 11.5 Å². The van der Waals surface area contributed by atoms with E-state index in [-0.39, 0.29) is 21.7 Å². The fourth-order valence-electron chi connectivity index (χ4n) is 8.17. The second-order valence-electron chi connectivity index (χ2n) is 20.2. The van der Waals surface area contributed by atoms with Gasteiger partial charge >= 0.3 is 0 Å². The summed E-state index contributed by atoms with van der Waals surface area (Å²) in [7, 11) is 0. The van der Waals surface area contributed by atoms with Crippen LogP contribution in [0.1, 0.15) is 105 Å². The molecule has 0 spiro atoms. The van der Waals surface area contributed by atoms with Crippen LogP contribution < -0.4 is 4.74 Å². The minimum absolute atomic E-state index is 0.00386. The number of ether oxygens (including phenoxy) is 1. The maximum Gasteiger partial charge on any atom is 0.138 e. The number of para-hydroxylation sites is 1. The molecule has 0 aliphatic rings. The van der Waals surface area contributed by atoms with Crippen molar-refractivity contribution in [3.05, 3.63) is 156 Å². The fourth-order valence-corrected chi connectivity index (χ4v) is 8.17. The Balaban J connectivity index is 1.26. The molecule has 5 aromatic carbocycles. The van der Waals surface area contributed by atoms with E-state index in [1.807, 2.05) is 17.1 Å². The molecule has 0 fully saturated rings. The highest BCUT2D eigenvalue weighted by atomic mass is 16.5. The summed E-state index contributed by atoms with van der Waals surface area (Å²) >= 11 is 0. The first kappa shape index (κ1) is 39.9. The molecule has 0 unspecified atom stereocenters. The van der Waals surface area contributed by atoms with Crippen molar-refractivity contribution in [3.63, 3.8) is 0 Å². The lowest BCUT2D eigenvalue weighted by atomic mass is 9.82. The Morgan fingerprint density at radius 3 is 1.93 bits per heavy atom. The van der Waals surface area contributed by atoms with Gasteiger partial charge in [0.2, 0.25) is 0 Å². The molecule has 0 atom stereocenters. The van der Waals surface area contributed by atoms with Crippen molar-refractivity contribution in [1.82, 2.24) is 19.3 Å². The summed E-state index contributed by atoms with van der Waals surface area (Å²) in [6.07, 6.45) is 6.04. The zero-order valence-corrected chi connectivity index (χ0v) is 36.9. The van der Waals surface area contributed by atoms with Crippen LogP contribution in [0.4, 0.5) is 0 Å². The van der Waals surface area contributed by atoms with E-state index < -0.39 is 0 Å². The van der Waals surface area contributed by atoms with E-state index in [1.54, 1.807) is 0 Å². The van der Waals surface area contributed by atoms with Gasteiger partial charge < -0.3 is 4.74 Å². The molecule has 3 heterocycles. The molecule has 0 saturated heterocycles. The van der Waals surface area contributed by atoms with Crippen LogP contribution in [-0.4, -0.2) is 19.3 Å². The number of pyridine rings is 1. The molecule has 5 nitrogen and oxygen atoms in total. The third-order valence-corrected chi connectivity index (χ3v) is 11.5. The lowest BCUT2D eigenvalue weighted by Crippen LogP contribution is -2.13. The molecular formula is C54H58N4O. The number of aromatic nitrogens is 4. The van der Waals surface area contributed by atoms with Gasteiger partial charge in [-0.25, -0.2) is 9.67 Å². The third-order valence-electron chi connectivity index (χ3n) is 11.5. The molecule has 0 aliphatic heterocycles. The quantitative estimate of drug-likeness (QED) is 0.169. The molecule has 0 amide bonds. The Bertz CT molecular complexity index is 2840. The minimum Gasteiger partial charge on any atom is -0.457 e. The average molecular weight is 779 g/mol. The van der Waals surface area contributed by atoms with E-state index in [4.69, 9.17) is 14.8 Å². The van der Waals surface area contributed by atoms with Gasteiger partial charge in [-0.2, -0.15) is 5.10 Å². The largest absolute Gasteiger partial charge is 0.457 e. The lowest BCUT2D eigenvalue weighted by Gasteiger charge is -2.22. The van der Waals surface area contributed by atoms with Crippen LogP contribution in [0.3, 0.4) is 0 Å². The van der Waals surface area contributed by atoms with Crippen molar-refractivity contribution in [1.29, 1.82) is 0 Å². The van der Waals surface area contributed by atoms with Gasteiger partial charge in [0.15, 0.2) is 0 Å². The van der Waals surface area contributed by atoms with E-state index in [0.717, 1.165) is 45.0 Å². The zero-order valence-electron chi connectivity index (χ0n) is 36.9. The molecule has 5 heteroatoms. The number of benzene rings is 5. The molecule has 0 saturated carbocycles. The van der Waals surface area contributed by atoms with E-state index >= 15 is 0 Å². The van der Waals surface area contributed by atoms with E-state index in [9.17, 15) is 0 Å². The minimum atomic E-state index is -0.119. The maximum atomic E-state index is 6.89. The predicted octanol–water partition coefficient (Wildman–Crippen LogP) is 14.7. The molecule has 8 rings (SSSR count). The molecule has 3 aromatic heterocycles. The van der Waals surface area contributed by atoms with Gasteiger partial charge in [-0.3, -0.25) is 4.57 Å². The second-order valence-corrected chi connectivity index (χ2v) is 20.2. The molecule has 0 N–H and O–H groups in total. The number of hydrogen-bond acceptors (Lipinski definition) is 3. The Morgan fingerprint density at radius 1 is 0.508 bits per heavy atom. The van der Waals surface area contributed by atoms with E-state index in [0.29, 0.717) is 0 Å². The van der Waals surface area contributed by atoms with Crippen molar-refractivity contribution in [2.75, 3.05) is 0 Å². The van der Waals surface area contributed by atoms with Crippen LogP contribution in [0.2, 0.25) is 0 Å². The predicted molar refractivity (Wildman–Crippen MR) is 248 cm³/mol. The van der Waals surface area contributed by atoms with Crippen LogP contribution in [0, 0.1) is 0 Å². The van der Waals surface area contributed by atoms with Gasteiger partial charge in [0.25, 0.3) is 0 Å². The standard InChI is InChI=1S/C54H58N4O/c1-51(2,3)38-18-15-17-35(27-38)36-25-26-55-49(28-36)58-48-32-41(23-24-44(48)45-20-16-22-47(50(45)58)54(10,11)12)59-42-30-39(52(4,5)6)29-40(31-42)57-34-37(33-56-57)43-19-13-14-21-46(43)53(7,8)9/h13-34H,1-12H3. The molecular weight excluding hydrogens is 721 g/mol. The highest BCUT2D eigenvalue weighted by Gasteiger charge is 2.25. The molecule has 300 valence electrons. The van der Waals surface area contributed by atoms with Gasteiger partial charge in [-0.15, -0.1) is 0 Å². The summed E-state index contributed by atoms with van der Waals surface area (Å²) in [5.41, 5.74) is 12.6. The number of nitrogens with zero attached hydrogens (tertiary/aromatic N) is 4. The summed E-state index contributed by atoms with van der Waals surface area (Å²) in [6, 6.07) is 41.5. The molecule has 8 aromatic rings. The van der Waals surface area contributed by atoms with Crippen LogP contribution in [-0.2, 0) is 21.7 Å². The Labute approximate surface area is 350 Å². The van der Waals surface area contributed by atoms with Gasteiger partial charge in [-0.05, 0) is 97.0 Å². The zero-order chi connectivity index (χ0) is 42.1. The topological polar surface area (TPSA) is 44.9 Å². The normalized spacial score (nSPS) is 12.7. The number of hydrogen-bond donors (Lipinski definition) is 0. The summed E-state index contributed by atoms with van der Waals surface area (Å²) in [5.74, 6) is 2.39. The first-order chi connectivity index (χ1) is 27.8. The first-order valence-electron chi connectivity index (χ1n) is 20.9. The first-order valence-corrected chi connectivity index (χ1v) is 20.9. The van der Waals surface area contributed by atoms with Crippen LogP contribution >= 0.6 is 0 Å². The van der Waals surface area contributed by atoms with Gasteiger partial charge in [0.05, 0.1) is 22.9 Å². The maximum absolute atomic E-state index is 6.89. The Hall–Kier alpha value is -5.94. The summed E-state index contributed by atoms with van der Waals surface area (Å²) in [4.78, 5) is 5.05. The van der Waals surface area contributed by atoms with E-state index in [1.165, 1.54) is 44.3 Å². The van der Waals surface area contributed by atoms with Crippen LogP contribution in [0.25, 0.3) is 55.6 Å². The van der Waals surface area contributed by atoms with Crippen molar-refractivity contribution in [2.45, 2.75) is 105 Å². The fraction of sp³-hybridized carbons (Fsp3) is 0.296. The van der Waals surface area contributed by atoms with Gasteiger partial charge in [-0.1, -0.05) is 150 Å². The van der Waals surface area contributed by atoms with Crippen molar-refractivity contribution in [2.24, 2.45) is 0 Å². The third kappa shape index (κ3) is 7.83. The monoisotopic (exact) mass is 778 g/mol. The van der Waals surface area contributed by atoms with Crippen LogP contribution in [0.15, 0.2) is 134 Å². The number of fused-ring (bicyclic) bond motifs is 3. The van der Waals surface area contributed by atoms with Crippen molar-refractivity contribution < 1.29 is 4.74 Å². The highest BCUT2D eigenvalue weighted by molar-refractivity contribution is 6.10. The number of rotatable bonds is 6. The summed E-state index contributed by atoms with van der Waals surface area (Å²) < 4.78 is 11.2. The second kappa shape index (κ2) is 14.4. The Morgan fingerprint density at radius 2 is 1.20 bits per heavy atom. The molecule has 0 bridgehead atoms. The SMILES string of the molecule is CC(C)(C)c1cccc(-c2ccnc(-n3c4cc(Oc5cc(-n6cc(-c7ccccc7C(C)(C)C)cn6)cc(C(C)(C)C)c5)ccc4c4cccc(C(C)(C)C)c43)c2)c1. The average Bonchev–Trinajstić information content (AvgIpc) is 3.80. The molecule has 0 radical (unpaired) electrons. The van der Waals surface area contributed by atoms with Crippen molar-refractivity contribution in [3.8, 4) is 45.3 Å². The summed E-state index contributed by atoms with van der Waals surface area (Å²) in [6.45, 7) is 27.1. The Kier molecular flexibility index (Phi) is 9.74. The molecule has 0 aliphatic carbocycles. The van der Waals surface area contributed by atoms with Gasteiger partial charge in [0.1, 0.15) is 17.3 Å². The summed E-state index contributed by atoms with van der Waals surface area (Å²) in [5, 5.41) is 7.24. The van der Waals surface area contributed by atoms with E-state index in [2.05, 4.69) is 209 Å². The van der Waals surface area contributed by atoms with Gasteiger partial charge in [0, 0.05) is 40.9 Å².